The van der Waals surface area contributed by atoms with Gasteiger partial charge in [-0.25, -0.2) is 0 Å². The van der Waals surface area contributed by atoms with E-state index in [2.05, 4.69) is 18.6 Å². The lowest BCUT2D eigenvalue weighted by atomic mass is 10.0. The third-order valence-electron chi connectivity index (χ3n) is 3.35. The molecule has 0 radical (unpaired) electrons. The van der Waals surface area contributed by atoms with Crippen LogP contribution in [0.2, 0.25) is 0 Å². The lowest BCUT2D eigenvalue weighted by Gasteiger charge is -2.07. The van der Waals surface area contributed by atoms with E-state index in [9.17, 15) is 8.78 Å². The second kappa shape index (κ2) is 3.70. The molecule has 4 heteroatoms. The van der Waals surface area contributed by atoms with Gasteiger partial charge < -0.3 is 10.5 Å². The minimum absolute atomic E-state index is 0.0451. The molecule has 1 fully saturated rings. The highest BCUT2D eigenvalue weighted by Crippen LogP contribution is 2.57. The van der Waals surface area contributed by atoms with Gasteiger partial charge in [0.2, 0.25) is 0 Å². The Bertz CT molecular complexity index is 392. The number of benzene rings is 1. The van der Waals surface area contributed by atoms with E-state index in [4.69, 9.17) is 5.73 Å². The average molecular weight is 227 g/mol. The highest BCUT2D eigenvalue weighted by Gasteiger charge is 2.56. The second-order valence-corrected chi connectivity index (χ2v) is 4.78. The Kier molecular flexibility index (Phi) is 2.62. The fourth-order valence-electron chi connectivity index (χ4n) is 2.20. The topological polar surface area (TPSA) is 35.2 Å². The van der Waals surface area contributed by atoms with Gasteiger partial charge in [0.05, 0.1) is 0 Å². The van der Waals surface area contributed by atoms with Crippen molar-refractivity contribution in [1.82, 2.24) is 0 Å². The Morgan fingerprint density at radius 2 is 2.00 bits per heavy atom. The largest absolute Gasteiger partial charge is 0.435 e. The summed E-state index contributed by atoms with van der Waals surface area (Å²) >= 11 is 0. The normalized spacial score (nSPS) is 26.9. The Morgan fingerprint density at radius 3 is 2.50 bits per heavy atom. The molecule has 2 N–H and O–H groups in total. The summed E-state index contributed by atoms with van der Waals surface area (Å²) in [5.41, 5.74) is 6.95. The quantitative estimate of drug-likeness (QED) is 0.861. The van der Waals surface area contributed by atoms with Crippen molar-refractivity contribution in [1.29, 1.82) is 0 Å². The maximum absolute atomic E-state index is 12.1. The first-order chi connectivity index (χ1) is 7.43. The SMILES string of the molecule is CC1(C)[C@H](N)[C@H]1c1cccc(OC(F)F)c1. The van der Waals surface area contributed by atoms with Crippen molar-refractivity contribution < 1.29 is 13.5 Å². The van der Waals surface area contributed by atoms with Gasteiger partial charge >= 0.3 is 6.61 Å². The van der Waals surface area contributed by atoms with Crippen molar-refractivity contribution in [3.05, 3.63) is 29.8 Å². The third-order valence-corrected chi connectivity index (χ3v) is 3.35. The Morgan fingerprint density at radius 1 is 1.38 bits per heavy atom. The molecule has 0 bridgehead atoms. The average Bonchev–Trinajstić information content (AvgIpc) is 2.65. The van der Waals surface area contributed by atoms with Crippen LogP contribution in [0.25, 0.3) is 0 Å². The highest BCUT2D eigenvalue weighted by atomic mass is 19.3. The van der Waals surface area contributed by atoms with Crippen molar-refractivity contribution in [2.24, 2.45) is 11.1 Å². The fourth-order valence-corrected chi connectivity index (χ4v) is 2.20. The van der Waals surface area contributed by atoms with Gasteiger partial charge in [-0.1, -0.05) is 26.0 Å². The van der Waals surface area contributed by atoms with Crippen LogP contribution in [-0.2, 0) is 0 Å². The summed E-state index contributed by atoms with van der Waals surface area (Å²) < 4.78 is 28.5. The predicted molar refractivity (Wildman–Crippen MR) is 57.6 cm³/mol. The molecule has 0 aromatic heterocycles. The van der Waals surface area contributed by atoms with E-state index in [1.807, 2.05) is 6.07 Å². The van der Waals surface area contributed by atoms with Gasteiger partial charge in [0, 0.05) is 12.0 Å². The van der Waals surface area contributed by atoms with Crippen molar-refractivity contribution >= 4 is 0 Å². The summed E-state index contributed by atoms with van der Waals surface area (Å²) in [7, 11) is 0. The molecule has 1 aromatic carbocycles. The van der Waals surface area contributed by atoms with Gasteiger partial charge in [0.25, 0.3) is 0 Å². The summed E-state index contributed by atoms with van der Waals surface area (Å²) in [5, 5.41) is 0. The fraction of sp³-hybridized carbons (Fsp3) is 0.500. The molecule has 0 heterocycles. The van der Waals surface area contributed by atoms with Crippen molar-refractivity contribution in [2.45, 2.75) is 32.4 Å². The summed E-state index contributed by atoms with van der Waals surface area (Å²) in [5.74, 6) is 0.427. The molecule has 0 saturated heterocycles. The van der Waals surface area contributed by atoms with E-state index in [0.29, 0.717) is 0 Å². The third kappa shape index (κ3) is 1.89. The summed E-state index contributed by atoms with van der Waals surface area (Å²) in [6.07, 6.45) is 0. The standard InChI is InChI=1S/C12H15F2NO/c1-12(2)9(10(12)15)7-4-3-5-8(6-7)16-11(13)14/h3-6,9-11H,15H2,1-2H3/t9-,10-/m1/s1. The molecule has 1 aliphatic carbocycles. The zero-order chi connectivity index (χ0) is 11.9. The van der Waals surface area contributed by atoms with Crippen LogP contribution in [0.1, 0.15) is 25.3 Å². The molecular weight excluding hydrogens is 212 g/mol. The van der Waals surface area contributed by atoms with Crippen molar-refractivity contribution in [2.75, 3.05) is 0 Å². The van der Waals surface area contributed by atoms with Crippen molar-refractivity contribution in [3.8, 4) is 5.75 Å². The molecule has 1 aromatic rings. The van der Waals surface area contributed by atoms with Crippen molar-refractivity contribution in [3.63, 3.8) is 0 Å². The molecule has 16 heavy (non-hydrogen) atoms. The van der Waals surface area contributed by atoms with Crippen LogP contribution >= 0.6 is 0 Å². The maximum Gasteiger partial charge on any atom is 0.387 e. The van der Waals surface area contributed by atoms with E-state index in [1.54, 1.807) is 12.1 Å². The predicted octanol–water partition coefficient (Wildman–Crippen LogP) is 2.74. The number of nitrogens with two attached hydrogens (primary N) is 1. The van der Waals surface area contributed by atoms with Gasteiger partial charge in [0.1, 0.15) is 5.75 Å². The maximum atomic E-state index is 12.1. The molecule has 0 aliphatic heterocycles. The molecule has 2 atom stereocenters. The number of hydrogen-bond donors (Lipinski definition) is 1. The first-order valence-corrected chi connectivity index (χ1v) is 5.23. The zero-order valence-corrected chi connectivity index (χ0v) is 9.28. The summed E-state index contributed by atoms with van der Waals surface area (Å²) in [6.45, 7) is 1.36. The van der Waals surface area contributed by atoms with E-state index >= 15 is 0 Å². The van der Waals surface area contributed by atoms with E-state index in [1.165, 1.54) is 6.07 Å². The molecule has 88 valence electrons. The van der Waals surface area contributed by atoms with Crippen LogP contribution in [0.3, 0.4) is 0 Å². The lowest BCUT2D eigenvalue weighted by molar-refractivity contribution is -0.0498. The minimum Gasteiger partial charge on any atom is -0.435 e. The summed E-state index contributed by atoms with van der Waals surface area (Å²) in [6, 6.07) is 6.88. The first kappa shape index (κ1) is 11.3. The zero-order valence-electron chi connectivity index (χ0n) is 9.28. The Labute approximate surface area is 93.4 Å². The number of halogens is 2. The van der Waals surface area contributed by atoms with Gasteiger partial charge in [-0.3, -0.25) is 0 Å². The lowest BCUT2D eigenvalue weighted by Crippen LogP contribution is -2.06. The molecular formula is C12H15F2NO. The van der Waals surface area contributed by atoms with Gasteiger partial charge in [0.15, 0.2) is 0 Å². The molecule has 2 nitrogen and oxygen atoms in total. The number of hydrogen-bond acceptors (Lipinski definition) is 2. The van der Waals surface area contributed by atoms with Crippen LogP contribution in [0, 0.1) is 5.41 Å². The van der Waals surface area contributed by atoms with Crippen LogP contribution in [0.5, 0.6) is 5.75 Å². The monoisotopic (exact) mass is 227 g/mol. The van der Waals surface area contributed by atoms with E-state index < -0.39 is 6.61 Å². The highest BCUT2D eigenvalue weighted by molar-refractivity contribution is 5.38. The van der Waals surface area contributed by atoms with Crippen LogP contribution < -0.4 is 10.5 Å². The van der Waals surface area contributed by atoms with Gasteiger partial charge in [-0.05, 0) is 23.1 Å². The van der Waals surface area contributed by atoms with Crippen LogP contribution in [0.4, 0.5) is 8.78 Å². The number of alkyl halides is 2. The first-order valence-electron chi connectivity index (χ1n) is 5.23. The summed E-state index contributed by atoms with van der Waals surface area (Å²) in [4.78, 5) is 0. The molecule has 1 saturated carbocycles. The number of rotatable bonds is 3. The molecule has 0 spiro atoms. The minimum atomic E-state index is -2.78. The second-order valence-electron chi connectivity index (χ2n) is 4.78. The smallest absolute Gasteiger partial charge is 0.387 e. The van der Waals surface area contributed by atoms with E-state index in [-0.39, 0.29) is 23.1 Å². The molecule has 1 aliphatic rings. The molecule has 0 amide bonds. The molecule has 2 rings (SSSR count). The Balaban J connectivity index is 2.18. The Hall–Kier alpha value is -1.16. The van der Waals surface area contributed by atoms with Crippen LogP contribution in [0.15, 0.2) is 24.3 Å². The van der Waals surface area contributed by atoms with E-state index in [0.717, 1.165) is 5.56 Å². The van der Waals surface area contributed by atoms with Gasteiger partial charge in [-0.15, -0.1) is 0 Å². The number of ether oxygens (including phenoxy) is 1. The van der Waals surface area contributed by atoms with Gasteiger partial charge in [-0.2, -0.15) is 8.78 Å². The van der Waals surface area contributed by atoms with Crippen LogP contribution in [-0.4, -0.2) is 12.7 Å². The molecule has 0 unspecified atom stereocenters.